The molecule has 3 rings (SSSR count). The number of carboxylic acid groups (broad SMARTS) is 1. The first-order chi connectivity index (χ1) is 11.1. The number of nitrogens with one attached hydrogen (secondary N) is 1. The molecule has 0 saturated carbocycles. The second-order valence-electron chi connectivity index (χ2n) is 4.78. The first-order valence-corrected chi connectivity index (χ1v) is 6.81. The zero-order chi connectivity index (χ0) is 16.2. The summed E-state index contributed by atoms with van der Waals surface area (Å²) in [5.41, 5.74) is 1.43. The molecule has 2 heterocycles. The van der Waals surface area contributed by atoms with E-state index in [1.165, 1.54) is 24.5 Å². The Morgan fingerprint density at radius 3 is 2.74 bits per heavy atom. The lowest BCUT2D eigenvalue weighted by Gasteiger charge is -2.07. The van der Waals surface area contributed by atoms with Crippen LogP contribution < -0.4 is 5.32 Å². The molecule has 1 aromatic carbocycles. The zero-order valence-corrected chi connectivity index (χ0v) is 12.0. The number of nitrogens with zero attached hydrogens (tertiary/aromatic N) is 2. The molecule has 0 spiro atoms. The molecule has 0 atom stereocenters. The Kier molecular flexibility index (Phi) is 3.92. The minimum absolute atomic E-state index is 0.126. The molecule has 0 saturated heterocycles. The zero-order valence-electron chi connectivity index (χ0n) is 12.0. The van der Waals surface area contributed by atoms with E-state index in [-0.39, 0.29) is 12.2 Å². The maximum Gasteiger partial charge on any atom is 0.413 e. The van der Waals surface area contributed by atoms with Crippen molar-refractivity contribution in [1.82, 2.24) is 9.38 Å². The van der Waals surface area contributed by atoms with Gasteiger partial charge < -0.3 is 9.84 Å². The summed E-state index contributed by atoms with van der Waals surface area (Å²) in [4.78, 5) is 26.8. The summed E-state index contributed by atoms with van der Waals surface area (Å²) in [6.07, 6.45) is 2.35. The molecule has 7 heteroatoms. The summed E-state index contributed by atoms with van der Waals surface area (Å²) < 4.78 is 6.69. The number of aromatic nitrogens is 2. The second kappa shape index (κ2) is 6.18. The molecule has 2 aromatic heterocycles. The van der Waals surface area contributed by atoms with E-state index in [1.807, 2.05) is 30.3 Å². The van der Waals surface area contributed by atoms with Crippen molar-refractivity contribution in [2.45, 2.75) is 6.61 Å². The Bertz CT molecular complexity index is 858. The third kappa shape index (κ3) is 3.29. The summed E-state index contributed by atoms with van der Waals surface area (Å²) in [6, 6.07) is 12.2. The molecule has 0 unspecified atom stereocenters. The summed E-state index contributed by atoms with van der Waals surface area (Å²) >= 11 is 0. The van der Waals surface area contributed by atoms with Crippen molar-refractivity contribution in [3.8, 4) is 0 Å². The SMILES string of the molecule is O=C(Nc1cnc2cc(C(=O)O)ccn12)OCc1ccccc1. The molecule has 0 aliphatic carbocycles. The Hall–Kier alpha value is -3.35. The number of hydrogen-bond donors (Lipinski definition) is 2. The molecule has 3 aromatic rings. The van der Waals surface area contributed by atoms with Crippen molar-refractivity contribution >= 4 is 23.5 Å². The van der Waals surface area contributed by atoms with E-state index in [0.29, 0.717) is 11.5 Å². The molecular formula is C16H13N3O4. The molecule has 2 N–H and O–H groups in total. The lowest BCUT2D eigenvalue weighted by atomic mass is 10.2. The van der Waals surface area contributed by atoms with E-state index >= 15 is 0 Å². The minimum atomic E-state index is -1.03. The second-order valence-corrected chi connectivity index (χ2v) is 4.78. The normalized spacial score (nSPS) is 10.4. The Morgan fingerprint density at radius 2 is 2.00 bits per heavy atom. The van der Waals surface area contributed by atoms with Gasteiger partial charge in [-0.2, -0.15) is 0 Å². The van der Waals surface area contributed by atoms with Crippen molar-refractivity contribution in [3.05, 3.63) is 66.0 Å². The highest BCUT2D eigenvalue weighted by Crippen LogP contribution is 2.14. The van der Waals surface area contributed by atoms with Gasteiger partial charge in [-0.25, -0.2) is 14.6 Å². The number of hydrogen-bond acceptors (Lipinski definition) is 4. The molecule has 0 radical (unpaired) electrons. The molecule has 0 bridgehead atoms. The fraction of sp³-hybridized carbons (Fsp3) is 0.0625. The molecule has 1 amide bonds. The number of pyridine rings is 1. The monoisotopic (exact) mass is 311 g/mol. The molecule has 0 fully saturated rings. The fourth-order valence-electron chi connectivity index (χ4n) is 2.07. The van der Waals surface area contributed by atoms with Gasteiger partial charge in [0.2, 0.25) is 0 Å². The predicted octanol–water partition coefficient (Wildman–Crippen LogP) is 2.78. The highest BCUT2D eigenvalue weighted by atomic mass is 16.5. The first-order valence-electron chi connectivity index (χ1n) is 6.81. The van der Waals surface area contributed by atoms with Crippen molar-refractivity contribution in [1.29, 1.82) is 0 Å². The summed E-state index contributed by atoms with van der Waals surface area (Å²) in [5, 5.41) is 11.5. The van der Waals surface area contributed by atoms with E-state index in [1.54, 1.807) is 4.40 Å². The topological polar surface area (TPSA) is 92.9 Å². The molecular weight excluding hydrogens is 298 g/mol. The van der Waals surface area contributed by atoms with Gasteiger partial charge in [0.15, 0.2) is 0 Å². The van der Waals surface area contributed by atoms with Crippen LogP contribution >= 0.6 is 0 Å². The van der Waals surface area contributed by atoms with Crippen LogP contribution in [0.1, 0.15) is 15.9 Å². The van der Waals surface area contributed by atoms with Gasteiger partial charge in [-0.1, -0.05) is 30.3 Å². The minimum Gasteiger partial charge on any atom is -0.478 e. The quantitative estimate of drug-likeness (QED) is 0.773. The van der Waals surface area contributed by atoms with Gasteiger partial charge in [-0.15, -0.1) is 0 Å². The van der Waals surface area contributed by atoms with Crippen LogP contribution in [-0.2, 0) is 11.3 Å². The maximum absolute atomic E-state index is 11.8. The van der Waals surface area contributed by atoms with Gasteiger partial charge >= 0.3 is 12.1 Å². The standard InChI is InChI=1S/C16H13N3O4/c20-15(21)12-6-7-19-13(8-12)17-9-14(19)18-16(22)23-10-11-4-2-1-3-5-11/h1-9H,10H2,(H,18,22)(H,20,21). The highest BCUT2D eigenvalue weighted by molar-refractivity contribution is 5.89. The van der Waals surface area contributed by atoms with E-state index < -0.39 is 12.1 Å². The van der Waals surface area contributed by atoms with Gasteiger partial charge in [0.25, 0.3) is 0 Å². The number of imidazole rings is 1. The fourth-order valence-corrected chi connectivity index (χ4v) is 2.07. The number of ether oxygens (including phenoxy) is 1. The van der Waals surface area contributed by atoms with E-state index in [0.717, 1.165) is 5.56 Å². The Labute approximate surface area is 131 Å². The number of aromatic carboxylic acids is 1. The van der Waals surface area contributed by atoms with Crippen molar-refractivity contribution in [2.75, 3.05) is 5.32 Å². The molecule has 7 nitrogen and oxygen atoms in total. The number of anilines is 1. The lowest BCUT2D eigenvalue weighted by molar-refractivity contribution is 0.0696. The number of fused-ring (bicyclic) bond motifs is 1. The van der Waals surface area contributed by atoms with Crippen molar-refractivity contribution in [3.63, 3.8) is 0 Å². The van der Waals surface area contributed by atoms with Crippen LogP contribution in [-0.4, -0.2) is 26.6 Å². The van der Waals surface area contributed by atoms with Crippen LogP contribution in [0, 0.1) is 0 Å². The van der Waals surface area contributed by atoms with Gasteiger partial charge in [0.1, 0.15) is 18.1 Å². The summed E-state index contributed by atoms with van der Waals surface area (Å²) in [6.45, 7) is 0.159. The van der Waals surface area contributed by atoms with Crippen LogP contribution in [0.5, 0.6) is 0 Å². The average Bonchev–Trinajstić information content (AvgIpc) is 2.96. The third-order valence-corrected chi connectivity index (χ3v) is 3.20. The molecule has 116 valence electrons. The molecule has 0 aliphatic rings. The Balaban J connectivity index is 1.69. The lowest BCUT2D eigenvalue weighted by Crippen LogP contribution is -2.14. The predicted molar refractivity (Wildman–Crippen MR) is 82.4 cm³/mol. The number of rotatable bonds is 4. The number of benzene rings is 1. The highest BCUT2D eigenvalue weighted by Gasteiger charge is 2.10. The van der Waals surface area contributed by atoms with Gasteiger partial charge in [-0.05, 0) is 17.7 Å². The van der Waals surface area contributed by atoms with Crippen LogP contribution in [0.25, 0.3) is 5.65 Å². The largest absolute Gasteiger partial charge is 0.478 e. The number of amides is 1. The third-order valence-electron chi connectivity index (χ3n) is 3.20. The first kappa shape index (κ1) is 14.6. The van der Waals surface area contributed by atoms with Crippen LogP contribution in [0.15, 0.2) is 54.9 Å². The van der Waals surface area contributed by atoms with E-state index in [4.69, 9.17) is 9.84 Å². The van der Waals surface area contributed by atoms with E-state index in [2.05, 4.69) is 10.3 Å². The molecule has 23 heavy (non-hydrogen) atoms. The van der Waals surface area contributed by atoms with Gasteiger partial charge in [0, 0.05) is 6.20 Å². The Morgan fingerprint density at radius 1 is 1.22 bits per heavy atom. The van der Waals surface area contributed by atoms with Crippen molar-refractivity contribution in [2.24, 2.45) is 0 Å². The van der Waals surface area contributed by atoms with Gasteiger partial charge in [-0.3, -0.25) is 9.72 Å². The van der Waals surface area contributed by atoms with Crippen LogP contribution in [0.4, 0.5) is 10.6 Å². The summed E-state index contributed by atoms with van der Waals surface area (Å²) in [7, 11) is 0. The van der Waals surface area contributed by atoms with Crippen molar-refractivity contribution < 1.29 is 19.4 Å². The van der Waals surface area contributed by atoms with Gasteiger partial charge in [0.05, 0.1) is 11.8 Å². The van der Waals surface area contributed by atoms with Crippen LogP contribution in [0.2, 0.25) is 0 Å². The number of carbonyl (C=O) groups excluding carboxylic acids is 1. The van der Waals surface area contributed by atoms with Crippen LogP contribution in [0.3, 0.4) is 0 Å². The smallest absolute Gasteiger partial charge is 0.413 e. The maximum atomic E-state index is 11.8. The van der Waals surface area contributed by atoms with E-state index in [9.17, 15) is 9.59 Å². The number of carbonyl (C=O) groups is 2. The average molecular weight is 311 g/mol. The summed E-state index contributed by atoms with van der Waals surface area (Å²) in [5.74, 6) is -0.637. The molecule has 0 aliphatic heterocycles. The number of carboxylic acids is 1.